The molecule has 132 valence electrons. The zero-order chi connectivity index (χ0) is 18.6. The first-order chi connectivity index (χ1) is 11.7. The van der Waals surface area contributed by atoms with Crippen LogP contribution in [0.25, 0.3) is 0 Å². The summed E-state index contributed by atoms with van der Waals surface area (Å²) < 4.78 is 37.5. The lowest BCUT2D eigenvalue weighted by molar-refractivity contribution is -0.137. The summed E-state index contributed by atoms with van der Waals surface area (Å²) in [5, 5.41) is 5.02. The monoisotopic (exact) mass is 350 g/mol. The smallest absolute Gasteiger partial charge is 0.341 e. The first-order valence-electron chi connectivity index (χ1n) is 7.52. The van der Waals surface area contributed by atoms with Crippen molar-refractivity contribution in [3.05, 3.63) is 65.2 Å². The second-order valence-corrected chi connectivity index (χ2v) is 5.63. The summed E-state index contributed by atoms with van der Waals surface area (Å²) in [5.41, 5.74) is 0.754. The fourth-order valence-corrected chi connectivity index (χ4v) is 2.12. The molecular weight excluding hydrogens is 333 g/mol. The van der Waals surface area contributed by atoms with Crippen LogP contribution in [-0.4, -0.2) is 17.9 Å². The highest BCUT2D eigenvalue weighted by atomic mass is 19.4. The molecule has 0 saturated heterocycles. The van der Waals surface area contributed by atoms with Gasteiger partial charge in [-0.25, -0.2) is 0 Å². The van der Waals surface area contributed by atoms with Crippen LogP contribution in [0.3, 0.4) is 0 Å². The van der Waals surface area contributed by atoms with E-state index in [1.807, 2.05) is 13.0 Å². The Morgan fingerprint density at radius 1 is 1.04 bits per heavy atom. The van der Waals surface area contributed by atoms with Crippen molar-refractivity contribution < 1.29 is 22.8 Å². The molecule has 2 N–H and O–H groups in total. The van der Waals surface area contributed by atoms with E-state index in [0.29, 0.717) is 5.56 Å². The SMILES string of the molecule is Cc1cccc(C(=O)NC(C)C(=O)Nc2ccc(C(F)(F)F)cc2)c1. The van der Waals surface area contributed by atoms with E-state index in [0.717, 1.165) is 29.8 Å². The molecule has 2 rings (SSSR count). The quantitative estimate of drug-likeness (QED) is 0.882. The lowest BCUT2D eigenvalue weighted by Crippen LogP contribution is -2.41. The molecule has 0 saturated carbocycles. The zero-order valence-corrected chi connectivity index (χ0v) is 13.6. The van der Waals surface area contributed by atoms with E-state index in [2.05, 4.69) is 10.6 Å². The van der Waals surface area contributed by atoms with Crippen LogP contribution in [0.5, 0.6) is 0 Å². The van der Waals surface area contributed by atoms with Gasteiger partial charge in [0, 0.05) is 11.3 Å². The van der Waals surface area contributed by atoms with Crippen LogP contribution in [0.2, 0.25) is 0 Å². The molecule has 0 spiro atoms. The van der Waals surface area contributed by atoms with E-state index in [9.17, 15) is 22.8 Å². The number of hydrogen-bond donors (Lipinski definition) is 2. The largest absolute Gasteiger partial charge is 0.416 e. The van der Waals surface area contributed by atoms with E-state index in [-0.39, 0.29) is 5.69 Å². The summed E-state index contributed by atoms with van der Waals surface area (Å²) in [6, 6.07) is 10.1. The first kappa shape index (κ1) is 18.5. The van der Waals surface area contributed by atoms with Crippen LogP contribution < -0.4 is 10.6 Å². The molecule has 0 aromatic heterocycles. The molecule has 1 atom stereocenters. The third-order valence-corrected chi connectivity index (χ3v) is 3.50. The second kappa shape index (κ2) is 7.38. The summed E-state index contributed by atoms with van der Waals surface area (Å²) in [6.45, 7) is 3.34. The number of benzene rings is 2. The van der Waals surface area contributed by atoms with Gasteiger partial charge in [-0.3, -0.25) is 9.59 Å². The number of carbonyl (C=O) groups is 2. The molecule has 2 amide bonds. The van der Waals surface area contributed by atoms with Gasteiger partial charge in [-0.2, -0.15) is 13.2 Å². The Morgan fingerprint density at radius 3 is 2.24 bits per heavy atom. The van der Waals surface area contributed by atoms with Crippen molar-refractivity contribution in [1.82, 2.24) is 5.32 Å². The second-order valence-electron chi connectivity index (χ2n) is 5.63. The van der Waals surface area contributed by atoms with Crippen molar-refractivity contribution in [2.75, 3.05) is 5.32 Å². The molecule has 0 radical (unpaired) electrons. The number of rotatable bonds is 4. The maximum absolute atomic E-state index is 12.5. The van der Waals surface area contributed by atoms with E-state index in [4.69, 9.17) is 0 Å². The maximum Gasteiger partial charge on any atom is 0.416 e. The van der Waals surface area contributed by atoms with E-state index in [1.54, 1.807) is 18.2 Å². The van der Waals surface area contributed by atoms with E-state index >= 15 is 0 Å². The average Bonchev–Trinajstić information content (AvgIpc) is 2.54. The summed E-state index contributed by atoms with van der Waals surface area (Å²) >= 11 is 0. The normalized spacial score (nSPS) is 12.4. The van der Waals surface area contributed by atoms with Gasteiger partial charge in [0.05, 0.1) is 5.56 Å². The molecule has 1 unspecified atom stereocenters. The van der Waals surface area contributed by atoms with Gasteiger partial charge in [0.2, 0.25) is 5.91 Å². The van der Waals surface area contributed by atoms with Gasteiger partial charge in [-0.15, -0.1) is 0 Å². The van der Waals surface area contributed by atoms with Crippen molar-refractivity contribution in [2.45, 2.75) is 26.1 Å². The molecule has 2 aromatic carbocycles. The van der Waals surface area contributed by atoms with Gasteiger partial charge >= 0.3 is 6.18 Å². The third kappa shape index (κ3) is 5.07. The topological polar surface area (TPSA) is 58.2 Å². The van der Waals surface area contributed by atoms with Crippen molar-refractivity contribution in [1.29, 1.82) is 0 Å². The van der Waals surface area contributed by atoms with Crippen LogP contribution in [0.15, 0.2) is 48.5 Å². The molecule has 0 bridgehead atoms. The van der Waals surface area contributed by atoms with Crippen molar-refractivity contribution >= 4 is 17.5 Å². The fraction of sp³-hybridized carbons (Fsp3) is 0.222. The Labute approximate surface area is 143 Å². The molecule has 7 heteroatoms. The van der Waals surface area contributed by atoms with Gasteiger partial charge in [0.15, 0.2) is 0 Å². The number of anilines is 1. The molecule has 0 aliphatic carbocycles. The number of carbonyl (C=O) groups excluding carboxylic acids is 2. The molecule has 0 aliphatic heterocycles. The molecular formula is C18H17F3N2O2. The Bertz CT molecular complexity index is 771. The standard InChI is InChI=1S/C18H17F3N2O2/c1-11-4-3-5-13(10-11)17(25)22-12(2)16(24)23-15-8-6-14(7-9-15)18(19,20)21/h3-10,12H,1-2H3,(H,22,25)(H,23,24). The van der Waals surface area contributed by atoms with E-state index in [1.165, 1.54) is 6.92 Å². The molecule has 2 aromatic rings. The Balaban J connectivity index is 1.97. The summed E-state index contributed by atoms with van der Waals surface area (Å²) in [7, 11) is 0. The zero-order valence-electron chi connectivity index (χ0n) is 13.6. The Morgan fingerprint density at radius 2 is 1.68 bits per heavy atom. The van der Waals surface area contributed by atoms with Crippen LogP contribution in [-0.2, 0) is 11.0 Å². The fourth-order valence-electron chi connectivity index (χ4n) is 2.12. The minimum Gasteiger partial charge on any atom is -0.341 e. The number of alkyl halides is 3. The minimum atomic E-state index is -4.43. The predicted octanol–water partition coefficient (Wildman–Crippen LogP) is 3.77. The van der Waals surface area contributed by atoms with E-state index < -0.39 is 29.6 Å². The summed E-state index contributed by atoms with van der Waals surface area (Å²) in [5.74, 6) is -0.931. The highest BCUT2D eigenvalue weighted by Gasteiger charge is 2.30. The minimum absolute atomic E-state index is 0.217. The van der Waals surface area contributed by atoms with Crippen molar-refractivity contribution in [3.8, 4) is 0 Å². The van der Waals surface area contributed by atoms with Gasteiger partial charge in [-0.05, 0) is 50.2 Å². The lowest BCUT2D eigenvalue weighted by Gasteiger charge is -2.15. The van der Waals surface area contributed by atoms with Crippen molar-refractivity contribution in [3.63, 3.8) is 0 Å². The highest BCUT2D eigenvalue weighted by Crippen LogP contribution is 2.29. The van der Waals surface area contributed by atoms with Gasteiger partial charge in [-0.1, -0.05) is 17.7 Å². The van der Waals surface area contributed by atoms with Crippen LogP contribution in [0.1, 0.15) is 28.4 Å². The Kier molecular flexibility index (Phi) is 5.46. The van der Waals surface area contributed by atoms with Gasteiger partial charge in [0.1, 0.15) is 6.04 Å². The number of halogens is 3. The molecule has 0 aliphatic rings. The summed E-state index contributed by atoms with van der Waals surface area (Å²) in [6.07, 6.45) is -4.43. The van der Waals surface area contributed by atoms with Crippen molar-refractivity contribution in [2.24, 2.45) is 0 Å². The molecule has 4 nitrogen and oxygen atoms in total. The van der Waals surface area contributed by atoms with Crippen LogP contribution >= 0.6 is 0 Å². The molecule has 0 fully saturated rings. The highest BCUT2D eigenvalue weighted by molar-refractivity contribution is 6.01. The molecule has 0 heterocycles. The summed E-state index contributed by atoms with van der Waals surface area (Å²) in [4.78, 5) is 24.2. The van der Waals surface area contributed by atoms with Crippen LogP contribution in [0.4, 0.5) is 18.9 Å². The number of nitrogens with one attached hydrogen (secondary N) is 2. The van der Waals surface area contributed by atoms with Crippen LogP contribution in [0, 0.1) is 6.92 Å². The molecule has 25 heavy (non-hydrogen) atoms. The van der Waals surface area contributed by atoms with Gasteiger partial charge in [0.25, 0.3) is 5.91 Å². The first-order valence-corrected chi connectivity index (χ1v) is 7.52. The lowest BCUT2D eigenvalue weighted by atomic mass is 10.1. The number of hydrogen-bond acceptors (Lipinski definition) is 2. The Hall–Kier alpha value is -2.83. The number of aryl methyl sites for hydroxylation is 1. The average molecular weight is 350 g/mol. The van der Waals surface area contributed by atoms with Gasteiger partial charge < -0.3 is 10.6 Å². The number of amides is 2. The third-order valence-electron chi connectivity index (χ3n) is 3.50. The maximum atomic E-state index is 12.5. The predicted molar refractivity (Wildman–Crippen MR) is 88.2 cm³/mol.